The lowest BCUT2D eigenvalue weighted by Crippen LogP contribution is -2.47. The van der Waals surface area contributed by atoms with Crippen molar-refractivity contribution in [3.05, 3.63) is 82.4 Å². The minimum atomic E-state index is -0.139. The summed E-state index contributed by atoms with van der Waals surface area (Å²) < 4.78 is 3.59. The van der Waals surface area contributed by atoms with Crippen LogP contribution in [0.3, 0.4) is 0 Å². The van der Waals surface area contributed by atoms with E-state index in [1.807, 2.05) is 58.0 Å². The van der Waals surface area contributed by atoms with Crippen LogP contribution in [-0.4, -0.2) is 58.6 Å². The molecule has 1 saturated carbocycles. The van der Waals surface area contributed by atoms with Crippen molar-refractivity contribution in [3.63, 3.8) is 0 Å². The van der Waals surface area contributed by atoms with Gasteiger partial charge in [0.15, 0.2) is 0 Å². The topological polar surface area (TPSA) is 88.4 Å². The molecule has 2 aromatic carbocycles. The van der Waals surface area contributed by atoms with Crippen LogP contribution in [0.15, 0.2) is 65.5 Å². The maximum atomic E-state index is 14.1. The number of benzene rings is 2. The molecular formula is C30H37N5O3. The minimum Gasteiger partial charge on any atom is -0.352 e. The average Bonchev–Trinajstić information content (AvgIpc) is 3.28. The van der Waals surface area contributed by atoms with Crippen LogP contribution in [0.5, 0.6) is 0 Å². The van der Waals surface area contributed by atoms with Gasteiger partial charge in [0.1, 0.15) is 5.69 Å². The Labute approximate surface area is 223 Å². The van der Waals surface area contributed by atoms with Crippen molar-refractivity contribution >= 4 is 11.8 Å². The smallest absolute Gasteiger partial charge is 0.329 e. The molecule has 8 nitrogen and oxygen atoms in total. The van der Waals surface area contributed by atoms with Gasteiger partial charge in [-0.1, -0.05) is 67.8 Å². The van der Waals surface area contributed by atoms with Crippen molar-refractivity contribution in [2.75, 3.05) is 32.7 Å². The molecule has 3 aromatic rings. The number of hydrogen-bond donors (Lipinski definition) is 2. The average molecular weight is 516 g/mol. The molecule has 2 fully saturated rings. The molecule has 2 N–H and O–H groups in total. The van der Waals surface area contributed by atoms with Gasteiger partial charge in [-0.2, -0.15) is 0 Å². The third kappa shape index (κ3) is 5.60. The van der Waals surface area contributed by atoms with Crippen molar-refractivity contribution in [2.45, 2.75) is 51.1 Å². The normalized spacial score (nSPS) is 16.4. The van der Waals surface area contributed by atoms with Crippen molar-refractivity contribution in [1.82, 2.24) is 24.7 Å². The number of amides is 2. The van der Waals surface area contributed by atoms with Gasteiger partial charge in [0, 0.05) is 56.4 Å². The lowest BCUT2D eigenvalue weighted by Gasteiger charge is -2.28. The number of hydrogen-bond acceptors (Lipinski definition) is 4. The zero-order valence-electron chi connectivity index (χ0n) is 21.9. The molecule has 0 radical (unpaired) electrons. The van der Waals surface area contributed by atoms with E-state index in [0.29, 0.717) is 43.9 Å². The number of nitrogens with one attached hydrogen (secondary N) is 2. The molecule has 1 aliphatic heterocycles. The first-order valence-corrected chi connectivity index (χ1v) is 13.9. The number of piperazine rings is 1. The molecule has 1 aromatic heterocycles. The van der Waals surface area contributed by atoms with Crippen molar-refractivity contribution in [2.24, 2.45) is 0 Å². The van der Waals surface area contributed by atoms with E-state index in [1.165, 1.54) is 6.42 Å². The SMILES string of the molecule is O=C(NCCCn1c(C(=O)N2CCNCC2)c(-c2ccccc2)n(C2CCCCC2)c1=O)c1ccccc1. The maximum Gasteiger partial charge on any atom is 0.329 e. The van der Waals surface area contributed by atoms with Crippen LogP contribution in [0, 0.1) is 0 Å². The number of carbonyl (C=O) groups excluding carboxylic acids is 2. The Kier molecular flexibility index (Phi) is 8.38. The Morgan fingerprint density at radius 3 is 2.24 bits per heavy atom. The van der Waals surface area contributed by atoms with Gasteiger partial charge in [0.25, 0.3) is 11.8 Å². The lowest BCUT2D eigenvalue weighted by molar-refractivity contribution is 0.0724. The van der Waals surface area contributed by atoms with E-state index in [0.717, 1.165) is 50.0 Å². The molecule has 2 amide bonds. The highest BCUT2D eigenvalue weighted by Gasteiger charge is 2.32. The molecule has 0 unspecified atom stereocenters. The van der Waals surface area contributed by atoms with Crippen LogP contribution < -0.4 is 16.3 Å². The first kappa shape index (κ1) is 26.0. The Morgan fingerprint density at radius 1 is 0.895 bits per heavy atom. The summed E-state index contributed by atoms with van der Waals surface area (Å²) in [6.45, 7) is 3.49. The Morgan fingerprint density at radius 2 is 1.55 bits per heavy atom. The third-order valence-corrected chi connectivity index (χ3v) is 7.65. The molecule has 200 valence electrons. The fraction of sp³-hybridized carbons (Fsp3) is 0.433. The van der Waals surface area contributed by atoms with Crippen LogP contribution in [-0.2, 0) is 6.54 Å². The van der Waals surface area contributed by atoms with E-state index in [4.69, 9.17) is 0 Å². The van der Waals surface area contributed by atoms with Crippen LogP contribution in [0.2, 0.25) is 0 Å². The number of rotatable bonds is 8. The van der Waals surface area contributed by atoms with E-state index in [1.54, 1.807) is 16.7 Å². The summed E-state index contributed by atoms with van der Waals surface area (Å²) in [5.41, 5.74) is 2.59. The molecule has 8 heteroatoms. The number of aromatic nitrogens is 2. The second-order valence-corrected chi connectivity index (χ2v) is 10.2. The highest BCUT2D eigenvalue weighted by molar-refractivity contribution is 5.99. The summed E-state index contributed by atoms with van der Waals surface area (Å²) in [6, 6.07) is 19.0. The first-order chi connectivity index (χ1) is 18.6. The van der Waals surface area contributed by atoms with Gasteiger partial charge in [0.05, 0.1) is 5.69 Å². The monoisotopic (exact) mass is 515 g/mol. The molecule has 0 spiro atoms. The van der Waals surface area contributed by atoms with Gasteiger partial charge in [-0.25, -0.2) is 4.79 Å². The van der Waals surface area contributed by atoms with E-state index >= 15 is 0 Å². The van der Waals surface area contributed by atoms with Gasteiger partial charge in [-0.3, -0.25) is 18.7 Å². The largest absolute Gasteiger partial charge is 0.352 e. The first-order valence-electron chi connectivity index (χ1n) is 13.9. The lowest BCUT2D eigenvalue weighted by atomic mass is 9.94. The van der Waals surface area contributed by atoms with Crippen LogP contribution >= 0.6 is 0 Å². The highest BCUT2D eigenvalue weighted by atomic mass is 16.2. The second-order valence-electron chi connectivity index (χ2n) is 10.2. The van der Waals surface area contributed by atoms with Crippen LogP contribution in [0.4, 0.5) is 0 Å². The third-order valence-electron chi connectivity index (χ3n) is 7.65. The molecule has 38 heavy (non-hydrogen) atoms. The maximum absolute atomic E-state index is 14.1. The summed E-state index contributed by atoms with van der Waals surface area (Å²) in [5.74, 6) is -0.231. The van der Waals surface area contributed by atoms with Gasteiger partial charge in [-0.05, 0) is 31.4 Å². The Balaban J connectivity index is 1.49. The highest BCUT2D eigenvalue weighted by Crippen LogP contribution is 2.34. The molecule has 1 aliphatic carbocycles. The molecule has 5 rings (SSSR count). The minimum absolute atomic E-state index is 0.0834. The quantitative estimate of drug-likeness (QED) is 0.448. The van der Waals surface area contributed by atoms with E-state index in [9.17, 15) is 14.4 Å². The van der Waals surface area contributed by atoms with Crippen LogP contribution in [0.25, 0.3) is 11.3 Å². The number of nitrogens with zero attached hydrogens (tertiary/aromatic N) is 3. The second kappa shape index (κ2) is 12.3. The van der Waals surface area contributed by atoms with E-state index in [2.05, 4.69) is 10.6 Å². The standard InChI is InChI=1S/C30H37N5O3/c36-28(24-13-6-2-7-14-24)32-17-10-20-34-27(29(37)33-21-18-31-19-22-33)26(23-11-4-1-5-12-23)35(30(34)38)25-15-8-3-9-16-25/h1-2,4-7,11-14,25,31H,3,8-10,15-22H2,(H,32,36). The zero-order chi connectivity index (χ0) is 26.3. The number of carbonyl (C=O) groups is 2. The fourth-order valence-corrected chi connectivity index (χ4v) is 5.69. The van der Waals surface area contributed by atoms with Gasteiger partial charge < -0.3 is 15.5 Å². The number of imidazole rings is 1. The predicted octanol–water partition coefficient (Wildman–Crippen LogP) is 3.69. The summed E-state index contributed by atoms with van der Waals surface area (Å²) in [5, 5.41) is 6.26. The van der Waals surface area contributed by atoms with Gasteiger partial charge in [-0.15, -0.1) is 0 Å². The van der Waals surface area contributed by atoms with Crippen molar-refractivity contribution in [1.29, 1.82) is 0 Å². The summed E-state index contributed by atoms with van der Waals surface area (Å²) >= 11 is 0. The fourth-order valence-electron chi connectivity index (χ4n) is 5.69. The van der Waals surface area contributed by atoms with Crippen molar-refractivity contribution < 1.29 is 9.59 Å². The summed E-state index contributed by atoms with van der Waals surface area (Å²) in [4.78, 5) is 42.5. The van der Waals surface area contributed by atoms with Gasteiger partial charge in [0.2, 0.25) is 0 Å². The molecular weight excluding hydrogens is 478 g/mol. The Bertz CT molecular complexity index is 1290. The van der Waals surface area contributed by atoms with Crippen molar-refractivity contribution in [3.8, 4) is 11.3 Å². The van der Waals surface area contributed by atoms with Crippen LogP contribution in [0.1, 0.15) is 65.4 Å². The van der Waals surface area contributed by atoms with Gasteiger partial charge >= 0.3 is 5.69 Å². The molecule has 1 saturated heterocycles. The zero-order valence-corrected chi connectivity index (χ0v) is 21.9. The van der Waals surface area contributed by atoms with E-state index in [-0.39, 0.29) is 23.5 Å². The Hall–Kier alpha value is -3.65. The molecule has 2 aliphatic rings. The van der Waals surface area contributed by atoms with E-state index < -0.39 is 0 Å². The predicted molar refractivity (Wildman–Crippen MR) is 148 cm³/mol. The molecule has 0 atom stereocenters. The summed E-state index contributed by atoms with van der Waals surface area (Å²) in [7, 11) is 0. The summed E-state index contributed by atoms with van der Waals surface area (Å²) in [6.07, 6.45) is 5.78. The molecule has 2 heterocycles. The molecule has 0 bridgehead atoms.